The van der Waals surface area contributed by atoms with Crippen molar-refractivity contribution in [3.05, 3.63) is 48.3 Å². The Balaban J connectivity index is 2.29. The van der Waals surface area contributed by atoms with Gasteiger partial charge in [-0.05, 0) is 24.3 Å². The number of aromatic nitrogens is 1. The highest BCUT2D eigenvalue weighted by Crippen LogP contribution is 2.31. The zero-order valence-electron chi connectivity index (χ0n) is 8.72. The quantitative estimate of drug-likeness (QED) is 0.696. The molecule has 4 heteroatoms. The van der Waals surface area contributed by atoms with Gasteiger partial charge in [-0.2, -0.15) is 0 Å². The molecule has 0 unspecified atom stereocenters. The van der Waals surface area contributed by atoms with Crippen LogP contribution in [0, 0.1) is 5.82 Å². The Morgan fingerprint density at radius 2 is 1.94 bits per heavy atom. The Morgan fingerprint density at radius 3 is 2.76 bits per heavy atom. The van der Waals surface area contributed by atoms with Crippen molar-refractivity contribution >= 4 is 10.9 Å². The first kappa shape index (κ1) is 9.84. The van der Waals surface area contributed by atoms with Crippen molar-refractivity contribution in [1.29, 1.82) is 0 Å². The maximum atomic E-state index is 13.6. The lowest BCUT2D eigenvalue weighted by Crippen LogP contribution is -1.81. The van der Waals surface area contributed by atoms with E-state index in [1.807, 2.05) is 0 Å². The first-order chi connectivity index (χ1) is 8.25. The number of phenolic OH excluding ortho intramolecular Hbond substituents is 1. The second kappa shape index (κ2) is 3.59. The largest absolute Gasteiger partial charge is 0.508 e. The van der Waals surface area contributed by atoms with E-state index in [9.17, 15) is 9.50 Å². The van der Waals surface area contributed by atoms with Gasteiger partial charge in [0.25, 0.3) is 0 Å². The summed E-state index contributed by atoms with van der Waals surface area (Å²) < 4.78 is 18.8. The predicted octanol–water partition coefficient (Wildman–Crippen LogP) is 3.34. The van der Waals surface area contributed by atoms with Crippen LogP contribution in [0.3, 0.4) is 0 Å². The number of hydrogen-bond acceptors (Lipinski definition) is 3. The van der Waals surface area contributed by atoms with Crippen LogP contribution in [0.1, 0.15) is 0 Å². The summed E-state index contributed by atoms with van der Waals surface area (Å²) in [4.78, 5) is 0. The molecule has 0 aliphatic heterocycles. The molecule has 1 heterocycles. The third-order valence-electron chi connectivity index (χ3n) is 2.58. The van der Waals surface area contributed by atoms with Crippen molar-refractivity contribution in [3.63, 3.8) is 0 Å². The molecule has 1 N–H and O–H groups in total. The first-order valence-corrected chi connectivity index (χ1v) is 5.09. The van der Waals surface area contributed by atoms with Crippen LogP contribution in [0.5, 0.6) is 5.75 Å². The van der Waals surface area contributed by atoms with E-state index in [2.05, 4.69) is 5.16 Å². The van der Waals surface area contributed by atoms with Crippen molar-refractivity contribution in [2.75, 3.05) is 0 Å². The average molecular weight is 229 g/mol. The Morgan fingerprint density at radius 1 is 1.12 bits per heavy atom. The molecule has 0 spiro atoms. The lowest BCUT2D eigenvalue weighted by atomic mass is 10.1. The van der Waals surface area contributed by atoms with Crippen LogP contribution in [0.4, 0.5) is 4.39 Å². The normalized spacial score (nSPS) is 10.9. The molecule has 1 aromatic heterocycles. The van der Waals surface area contributed by atoms with Gasteiger partial charge in [-0.3, -0.25) is 0 Å². The zero-order valence-corrected chi connectivity index (χ0v) is 8.72. The lowest BCUT2D eigenvalue weighted by molar-refractivity contribution is 0.437. The summed E-state index contributed by atoms with van der Waals surface area (Å²) in [5.74, 6) is 0.114. The fourth-order valence-electron chi connectivity index (χ4n) is 1.77. The van der Waals surface area contributed by atoms with Crippen molar-refractivity contribution in [3.8, 4) is 17.1 Å². The van der Waals surface area contributed by atoms with E-state index in [1.54, 1.807) is 24.3 Å². The second-order valence-corrected chi connectivity index (χ2v) is 3.69. The highest BCUT2D eigenvalue weighted by Gasteiger charge is 2.14. The minimum atomic E-state index is -0.362. The zero-order chi connectivity index (χ0) is 11.8. The minimum Gasteiger partial charge on any atom is -0.508 e. The molecule has 3 aromatic rings. The van der Waals surface area contributed by atoms with Gasteiger partial charge in [0.15, 0.2) is 5.76 Å². The molecule has 0 fully saturated rings. The molecule has 2 aromatic carbocycles. The number of fused-ring (bicyclic) bond motifs is 1. The number of nitrogens with zero attached hydrogens (tertiary/aromatic N) is 1. The van der Waals surface area contributed by atoms with E-state index in [1.165, 1.54) is 18.2 Å². The number of rotatable bonds is 1. The SMILES string of the molecule is Oc1ccc2c(-c3ccccc3F)onc2c1. The highest BCUT2D eigenvalue weighted by molar-refractivity contribution is 5.92. The second-order valence-electron chi connectivity index (χ2n) is 3.69. The number of aromatic hydroxyl groups is 1. The summed E-state index contributed by atoms with van der Waals surface area (Å²) in [7, 11) is 0. The summed E-state index contributed by atoms with van der Waals surface area (Å²) in [5, 5.41) is 13.8. The Hall–Kier alpha value is -2.36. The van der Waals surface area contributed by atoms with Gasteiger partial charge in [0.05, 0.1) is 10.9 Å². The molecule has 17 heavy (non-hydrogen) atoms. The van der Waals surface area contributed by atoms with Gasteiger partial charge in [-0.1, -0.05) is 17.3 Å². The van der Waals surface area contributed by atoms with Gasteiger partial charge >= 0.3 is 0 Å². The maximum absolute atomic E-state index is 13.6. The molecule has 0 aliphatic carbocycles. The van der Waals surface area contributed by atoms with Crippen LogP contribution in [0.25, 0.3) is 22.2 Å². The molecule has 0 radical (unpaired) electrons. The minimum absolute atomic E-state index is 0.103. The standard InChI is InChI=1S/C13H8FNO2/c14-11-4-2-1-3-9(11)13-10-6-5-8(16)7-12(10)15-17-13/h1-7,16H. The van der Waals surface area contributed by atoms with Gasteiger partial charge in [0, 0.05) is 6.07 Å². The summed E-state index contributed by atoms with van der Waals surface area (Å²) in [6.45, 7) is 0. The molecule has 0 bridgehead atoms. The van der Waals surface area contributed by atoms with E-state index < -0.39 is 0 Å². The summed E-state index contributed by atoms with van der Waals surface area (Å²) in [5.41, 5.74) is 0.865. The number of hydrogen-bond donors (Lipinski definition) is 1. The molecule has 0 atom stereocenters. The van der Waals surface area contributed by atoms with E-state index >= 15 is 0 Å². The molecule has 0 amide bonds. The van der Waals surface area contributed by atoms with Crippen LogP contribution in [-0.4, -0.2) is 10.3 Å². The third-order valence-corrected chi connectivity index (χ3v) is 2.58. The van der Waals surface area contributed by atoms with Crippen LogP contribution in [-0.2, 0) is 0 Å². The van der Waals surface area contributed by atoms with Crippen molar-refractivity contribution in [2.45, 2.75) is 0 Å². The number of phenols is 1. The van der Waals surface area contributed by atoms with Crippen molar-refractivity contribution < 1.29 is 14.0 Å². The molecule has 0 aliphatic rings. The summed E-state index contributed by atoms with van der Waals surface area (Å²) >= 11 is 0. The van der Waals surface area contributed by atoms with Gasteiger partial charge in [0.1, 0.15) is 17.1 Å². The summed E-state index contributed by atoms with van der Waals surface area (Å²) in [6.07, 6.45) is 0. The Bertz CT molecular complexity index is 691. The molecule has 0 saturated carbocycles. The van der Waals surface area contributed by atoms with E-state index in [0.29, 0.717) is 22.2 Å². The van der Waals surface area contributed by atoms with Crippen LogP contribution < -0.4 is 0 Å². The fourth-order valence-corrected chi connectivity index (χ4v) is 1.77. The molecule has 3 rings (SSSR count). The lowest BCUT2D eigenvalue weighted by Gasteiger charge is -1.98. The van der Waals surface area contributed by atoms with Gasteiger partial charge < -0.3 is 9.63 Å². The van der Waals surface area contributed by atoms with Crippen molar-refractivity contribution in [2.24, 2.45) is 0 Å². The molecular formula is C13H8FNO2. The van der Waals surface area contributed by atoms with E-state index in [4.69, 9.17) is 4.52 Å². The molecule has 3 nitrogen and oxygen atoms in total. The van der Waals surface area contributed by atoms with Gasteiger partial charge in [-0.15, -0.1) is 0 Å². The topological polar surface area (TPSA) is 46.3 Å². The number of benzene rings is 2. The number of halogens is 1. The molecular weight excluding hydrogens is 221 g/mol. The summed E-state index contributed by atoms with van der Waals surface area (Å²) in [6, 6.07) is 11.0. The fraction of sp³-hybridized carbons (Fsp3) is 0. The van der Waals surface area contributed by atoms with Crippen LogP contribution >= 0.6 is 0 Å². The Labute approximate surface area is 96.1 Å². The average Bonchev–Trinajstić information content (AvgIpc) is 2.72. The molecule has 84 valence electrons. The van der Waals surface area contributed by atoms with Crippen LogP contribution in [0.2, 0.25) is 0 Å². The maximum Gasteiger partial charge on any atom is 0.177 e. The van der Waals surface area contributed by atoms with Crippen molar-refractivity contribution in [1.82, 2.24) is 5.16 Å². The predicted molar refractivity (Wildman–Crippen MR) is 61.1 cm³/mol. The van der Waals surface area contributed by atoms with Gasteiger partial charge in [-0.25, -0.2) is 4.39 Å². The Kier molecular flexibility index (Phi) is 2.08. The van der Waals surface area contributed by atoms with E-state index in [-0.39, 0.29) is 11.6 Å². The van der Waals surface area contributed by atoms with Crippen LogP contribution in [0.15, 0.2) is 47.0 Å². The van der Waals surface area contributed by atoms with E-state index in [0.717, 1.165) is 0 Å². The molecule has 0 saturated heterocycles. The first-order valence-electron chi connectivity index (χ1n) is 5.09. The smallest absolute Gasteiger partial charge is 0.177 e. The highest BCUT2D eigenvalue weighted by atomic mass is 19.1. The monoisotopic (exact) mass is 229 g/mol. The third kappa shape index (κ3) is 1.54. The van der Waals surface area contributed by atoms with Gasteiger partial charge in [0.2, 0.25) is 0 Å².